The fourth-order valence-corrected chi connectivity index (χ4v) is 2.68. The van der Waals surface area contributed by atoms with Gasteiger partial charge in [0.25, 0.3) is 0 Å². The lowest BCUT2D eigenvalue weighted by molar-refractivity contribution is 0.461. The third-order valence-electron chi connectivity index (χ3n) is 3.78. The van der Waals surface area contributed by atoms with Crippen LogP contribution in [0.4, 0.5) is 0 Å². The molecule has 1 aromatic carbocycles. The lowest BCUT2D eigenvalue weighted by Gasteiger charge is -2.23. The fraction of sp³-hybridized carbons (Fsp3) is 0.667. The molecule has 0 radical (unpaired) electrons. The van der Waals surface area contributed by atoms with Crippen molar-refractivity contribution in [2.75, 3.05) is 0 Å². The van der Waals surface area contributed by atoms with Crippen LogP contribution >= 0.6 is 0 Å². The Labute approximate surface area is 119 Å². The Morgan fingerprint density at radius 2 is 1.63 bits per heavy atom. The number of phenolic OH excluding ortho intramolecular Hbond substituents is 1. The predicted octanol–water partition coefficient (Wildman–Crippen LogP) is 5.51. The van der Waals surface area contributed by atoms with Crippen molar-refractivity contribution < 1.29 is 5.11 Å². The van der Waals surface area contributed by atoms with Crippen molar-refractivity contribution in [3.8, 4) is 5.75 Å². The van der Waals surface area contributed by atoms with Gasteiger partial charge in [-0.25, -0.2) is 0 Å². The molecule has 0 fully saturated rings. The summed E-state index contributed by atoms with van der Waals surface area (Å²) in [5.74, 6) is 0.478. The largest absolute Gasteiger partial charge is 0.508 e. The molecule has 0 aromatic heterocycles. The number of aryl methyl sites for hydroxylation is 2. The maximum absolute atomic E-state index is 10.2. The highest BCUT2D eigenvalue weighted by atomic mass is 16.3. The second-order valence-electron chi connectivity index (χ2n) is 6.71. The van der Waals surface area contributed by atoms with E-state index in [1.54, 1.807) is 0 Å². The summed E-state index contributed by atoms with van der Waals surface area (Å²) in [6.07, 6.45) is 7.38. The topological polar surface area (TPSA) is 20.2 Å². The quantitative estimate of drug-likeness (QED) is 0.670. The zero-order valence-corrected chi connectivity index (χ0v) is 13.3. The Morgan fingerprint density at radius 1 is 1.00 bits per heavy atom. The van der Waals surface area contributed by atoms with Crippen LogP contribution in [-0.4, -0.2) is 5.11 Å². The van der Waals surface area contributed by atoms with Gasteiger partial charge in [-0.3, -0.25) is 0 Å². The zero-order valence-electron chi connectivity index (χ0n) is 13.3. The minimum atomic E-state index is 0.0984. The third-order valence-corrected chi connectivity index (χ3v) is 3.78. The second-order valence-corrected chi connectivity index (χ2v) is 6.71. The summed E-state index contributed by atoms with van der Waals surface area (Å²) in [5.41, 5.74) is 3.76. The van der Waals surface area contributed by atoms with E-state index in [0.29, 0.717) is 5.75 Å². The molecule has 0 unspecified atom stereocenters. The Morgan fingerprint density at radius 3 is 2.21 bits per heavy atom. The molecule has 0 aliphatic heterocycles. The average Bonchev–Trinajstić information content (AvgIpc) is 2.31. The summed E-state index contributed by atoms with van der Waals surface area (Å²) in [4.78, 5) is 0. The summed E-state index contributed by atoms with van der Waals surface area (Å²) < 4.78 is 0. The maximum Gasteiger partial charge on any atom is 0.119 e. The van der Waals surface area contributed by atoms with Crippen LogP contribution in [0.5, 0.6) is 5.75 Å². The van der Waals surface area contributed by atoms with Gasteiger partial charge < -0.3 is 5.11 Å². The standard InChI is InChI=1S/C18H30O/c1-6-7-8-9-10-11-15-12-14(2)16(13-17(15)19)18(3,4)5/h12-13,19H,6-11H2,1-5H3. The first-order valence-corrected chi connectivity index (χ1v) is 7.69. The number of unbranched alkanes of at least 4 members (excludes halogenated alkanes) is 4. The number of benzene rings is 1. The molecule has 0 amide bonds. The molecule has 0 aliphatic carbocycles. The van der Waals surface area contributed by atoms with Gasteiger partial charge in [-0.1, -0.05) is 59.4 Å². The highest BCUT2D eigenvalue weighted by molar-refractivity contribution is 5.44. The van der Waals surface area contributed by atoms with Crippen LogP contribution < -0.4 is 0 Å². The van der Waals surface area contributed by atoms with E-state index < -0.39 is 0 Å². The first-order chi connectivity index (χ1) is 8.86. The Kier molecular flexibility index (Phi) is 5.90. The van der Waals surface area contributed by atoms with Crippen LogP contribution in [0.25, 0.3) is 0 Å². The van der Waals surface area contributed by atoms with E-state index in [-0.39, 0.29) is 5.41 Å². The van der Waals surface area contributed by atoms with Crippen LogP contribution in [0.15, 0.2) is 12.1 Å². The van der Waals surface area contributed by atoms with Crippen molar-refractivity contribution in [3.63, 3.8) is 0 Å². The lowest BCUT2D eigenvalue weighted by atomic mass is 9.83. The van der Waals surface area contributed by atoms with Crippen molar-refractivity contribution in [1.29, 1.82) is 0 Å². The van der Waals surface area contributed by atoms with E-state index in [0.717, 1.165) is 12.0 Å². The lowest BCUT2D eigenvalue weighted by Crippen LogP contribution is -2.13. The molecule has 1 rings (SSSR count). The van der Waals surface area contributed by atoms with Crippen molar-refractivity contribution >= 4 is 0 Å². The van der Waals surface area contributed by atoms with E-state index in [2.05, 4.69) is 40.7 Å². The fourth-order valence-electron chi connectivity index (χ4n) is 2.68. The van der Waals surface area contributed by atoms with Gasteiger partial charge in [-0.2, -0.15) is 0 Å². The van der Waals surface area contributed by atoms with E-state index in [1.165, 1.54) is 43.2 Å². The molecule has 0 bridgehead atoms. The molecule has 0 saturated heterocycles. The minimum Gasteiger partial charge on any atom is -0.508 e. The van der Waals surface area contributed by atoms with Gasteiger partial charge in [-0.05, 0) is 47.9 Å². The molecule has 1 heteroatoms. The van der Waals surface area contributed by atoms with Crippen LogP contribution in [0.2, 0.25) is 0 Å². The van der Waals surface area contributed by atoms with Gasteiger partial charge in [0.2, 0.25) is 0 Å². The van der Waals surface area contributed by atoms with E-state index in [4.69, 9.17) is 0 Å². The van der Waals surface area contributed by atoms with Crippen LogP contribution in [-0.2, 0) is 11.8 Å². The van der Waals surface area contributed by atoms with Crippen LogP contribution in [0.1, 0.15) is 76.5 Å². The number of aromatic hydroxyl groups is 1. The van der Waals surface area contributed by atoms with Gasteiger partial charge in [0.1, 0.15) is 5.75 Å². The van der Waals surface area contributed by atoms with Crippen LogP contribution in [0.3, 0.4) is 0 Å². The van der Waals surface area contributed by atoms with Crippen molar-refractivity contribution in [3.05, 3.63) is 28.8 Å². The van der Waals surface area contributed by atoms with E-state index in [1.807, 2.05) is 6.07 Å². The van der Waals surface area contributed by atoms with Gasteiger partial charge in [-0.15, -0.1) is 0 Å². The van der Waals surface area contributed by atoms with E-state index >= 15 is 0 Å². The highest BCUT2D eigenvalue weighted by Gasteiger charge is 2.18. The number of hydrogen-bond acceptors (Lipinski definition) is 1. The maximum atomic E-state index is 10.2. The van der Waals surface area contributed by atoms with Gasteiger partial charge in [0.05, 0.1) is 0 Å². The summed E-state index contributed by atoms with van der Waals surface area (Å²) in [6, 6.07) is 4.15. The summed E-state index contributed by atoms with van der Waals surface area (Å²) >= 11 is 0. The van der Waals surface area contributed by atoms with Gasteiger partial charge in [0.15, 0.2) is 0 Å². The average molecular weight is 262 g/mol. The van der Waals surface area contributed by atoms with Crippen molar-refractivity contribution in [2.24, 2.45) is 0 Å². The Balaban J connectivity index is 2.68. The monoisotopic (exact) mass is 262 g/mol. The molecular weight excluding hydrogens is 232 g/mol. The number of phenols is 1. The predicted molar refractivity (Wildman–Crippen MR) is 84.0 cm³/mol. The Bertz CT molecular complexity index is 399. The molecule has 0 aliphatic rings. The molecule has 0 spiro atoms. The zero-order chi connectivity index (χ0) is 14.5. The molecule has 0 atom stereocenters. The van der Waals surface area contributed by atoms with Gasteiger partial charge in [0, 0.05) is 0 Å². The second kappa shape index (κ2) is 6.98. The first-order valence-electron chi connectivity index (χ1n) is 7.69. The molecule has 19 heavy (non-hydrogen) atoms. The molecule has 1 aromatic rings. The Hall–Kier alpha value is -0.980. The molecule has 1 N–H and O–H groups in total. The van der Waals surface area contributed by atoms with E-state index in [9.17, 15) is 5.11 Å². The highest BCUT2D eigenvalue weighted by Crippen LogP contribution is 2.31. The molecule has 0 heterocycles. The third kappa shape index (κ3) is 4.89. The normalized spacial score (nSPS) is 11.8. The summed E-state index contributed by atoms with van der Waals surface area (Å²) in [6.45, 7) is 11.0. The smallest absolute Gasteiger partial charge is 0.119 e. The molecule has 1 nitrogen and oxygen atoms in total. The summed E-state index contributed by atoms with van der Waals surface area (Å²) in [7, 11) is 0. The SMILES string of the molecule is CCCCCCCc1cc(C)c(C(C)(C)C)cc1O. The molecule has 0 saturated carbocycles. The molecular formula is C18H30O. The number of hydrogen-bond donors (Lipinski definition) is 1. The minimum absolute atomic E-state index is 0.0984. The van der Waals surface area contributed by atoms with Crippen molar-refractivity contribution in [2.45, 2.75) is 78.6 Å². The van der Waals surface area contributed by atoms with Crippen LogP contribution in [0, 0.1) is 6.92 Å². The number of rotatable bonds is 6. The van der Waals surface area contributed by atoms with Crippen molar-refractivity contribution in [1.82, 2.24) is 0 Å². The molecule has 108 valence electrons. The van der Waals surface area contributed by atoms with Gasteiger partial charge >= 0.3 is 0 Å². The summed E-state index contributed by atoms with van der Waals surface area (Å²) in [5, 5.41) is 10.2. The first kappa shape index (κ1) is 16.1.